The van der Waals surface area contributed by atoms with Gasteiger partial charge in [0.15, 0.2) is 0 Å². The molecule has 6 heteroatoms. The first-order valence-corrected chi connectivity index (χ1v) is 5.56. The fraction of sp³-hybridized carbons (Fsp3) is 0.545. The van der Waals surface area contributed by atoms with Crippen LogP contribution in [0.2, 0.25) is 0 Å². The Hall–Kier alpha value is -1.85. The smallest absolute Gasteiger partial charge is 0.239 e. The maximum atomic E-state index is 11.0. The van der Waals surface area contributed by atoms with E-state index in [1.165, 1.54) is 0 Å². The Kier molecular flexibility index (Phi) is 4.25. The van der Waals surface area contributed by atoms with E-state index < -0.39 is 11.9 Å². The predicted molar refractivity (Wildman–Crippen MR) is 67.9 cm³/mol. The van der Waals surface area contributed by atoms with Crippen molar-refractivity contribution in [2.45, 2.75) is 32.7 Å². The number of primary amides is 1. The van der Waals surface area contributed by atoms with E-state index in [1.807, 2.05) is 13.8 Å². The van der Waals surface area contributed by atoms with Gasteiger partial charge in [0.05, 0.1) is 0 Å². The molecule has 1 unspecified atom stereocenters. The highest BCUT2D eigenvalue weighted by Gasteiger charge is 2.12. The van der Waals surface area contributed by atoms with Crippen molar-refractivity contribution in [1.29, 1.82) is 0 Å². The zero-order valence-electron chi connectivity index (χ0n) is 10.6. The second-order valence-electron chi connectivity index (χ2n) is 4.17. The Labute approximate surface area is 101 Å². The highest BCUT2D eigenvalue weighted by Crippen LogP contribution is 2.17. The molecule has 1 atom stereocenters. The molecule has 6 nitrogen and oxygen atoms in total. The van der Waals surface area contributed by atoms with E-state index in [-0.39, 0.29) is 5.92 Å². The lowest BCUT2D eigenvalue weighted by atomic mass is 10.2. The summed E-state index contributed by atoms with van der Waals surface area (Å²) >= 11 is 0. The first-order chi connectivity index (χ1) is 7.93. The van der Waals surface area contributed by atoms with Gasteiger partial charge in [-0.2, -0.15) is 0 Å². The van der Waals surface area contributed by atoms with Crippen molar-refractivity contribution < 1.29 is 4.79 Å². The first kappa shape index (κ1) is 13.2. The van der Waals surface area contributed by atoms with Crippen LogP contribution < -0.4 is 16.4 Å². The summed E-state index contributed by atoms with van der Waals surface area (Å²) in [5.74, 6) is 1.83. The molecule has 0 aromatic carbocycles. The van der Waals surface area contributed by atoms with Crippen molar-refractivity contribution in [2.75, 3.05) is 17.7 Å². The summed E-state index contributed by atoms with van der Waals surface area (Å²) in [5, 5.41) is 5.90. The van der Waals surface area contributed by atoms with E-state index >= 15 is 0 Å². The molecule has 1 heterocycles. The number of nitrogens with zero attached hydrogens (tertiary/aromatic N) is 2. The second-order valence-corrected chi connectivity index (χ2v) is 4.17. The van der Waals surface area contributed by atoms with Gasteiger partial charge in [0.25, 0.3) is 0 Å². The molecule has 1 rings (SSSR count). The molecule has 0 aliphatic rings. The maximum Gasteiger partial charge on any atom is 0.239 e. The van der Waals surface area contributed by atoms with Crippen molar-refractivity contribution in [3.8, 4) is 0 Å². The molecule has 94 valence electrons. The lowest BCUT2D eigenvalue weighted by Gasteiger charge is -2.14. The zero-order chi connectivity index (χ0) is 13.0. The van der Waals surface area contributed by atoms with Gasteiger partial charge >= 0.3 is 0 Å². The molecule has 0 aliphatic carbocycles. The number of carbonyl (C=O) groups is 1. The minimum absolute atomic E-state index is 0.215. The molecule has 0 saturated heterocycles. The zero-order valence-corrected chi connectivity index (χ0v) is 10.6. The summed E-state index contributed by atoms with van der Waals surface area (Å²) in [4.78, 5) is 19.6. The van der Waals surface area contributed by atoms with E-state index in [2.05, 4.69) is 20.6 Å². The number of anilines is 2. The molecule has 0 radical (unpaired) electrons. The minimum Gasteiger partial charge on any atom is -0.373 e. The van der Waals surface area contributed by atoms with Crippen LogP contribution in [-0.2, 0) is 4.79 Å². The van der Waals surface area contributed by atoms with Crippen molar-refractivity contribution in [1.82, 2.24) is 9.97 Å². The van der Waals surface area contributed by atoms with Gasteiger partial charge in [-0.05, 0) is 6.92 Å². The van der Waals surface area contributed by atoms with Crippen LogP contribution in [-0.4, -0.2) is 29.0 Å². The van der Waals surface area contributed by atoms with Crippen LogP contribution in [0.4, 0.5) is 11.6 Å². The van der Waals surface area contributed by atoms with Crippen LogP contribution in [0.15, 0.2) is 6.07 Å². The molecule has 1 aromatic rings. The Balaban J connectivity index is 2.98. The van der Waals surface area contributed by atoms with Gasteiger partial charge in [-0.15, -0.1) is 0 Å². The summed E-state index contributed by atoms with van der Waals surface area (Å²) < 4.78 is 0. The molecule has 0 spiro atoms. The number of amides is 1. The number of nitrogens with two attached hydrogens (primary N) is 1. The number of rotatable bonds is 5. The molecule has 0 aliphatic heterocycles. The van der Waals surface area contributed by atoms with Gasteiger partial charge in [0, 0.05) is 19.0 Å². The molecule has 1 aromatic heterocycles. The minimum atomic E-state index is -0.463. The van der Waals surface area contributed by atoms with Gasteiger partial charge in [-0.25, -0.2) is 9.97 Å². The van der Waals surface area contributed by atoms with Gasteiger partial charge in [0.2, 0.25) is 5.91 Å². The Morgan fingerprint density at radius 2 is 1.88 bits per heavy atom. The first-order valence-electron chi connectivity index (χ1n) is 5.56. The quantitative estimate of drug-likeness (QED) is 0.708. The van der Waals surface area contributed by atoms with Crippen molar-refractivity contribution in [2.24, 2.45) is 5.73 Å². The van der Waals surface area contributed by atoms with Crippen LogP contribution in [0, 0.1) is 0 Å². The average Bonchev–Trinajstić information content (AvgIpc) is 2.28. The van der Waals surface area contributed by atoms with E-state index in [9.17, 15) is 4.79 Å². The van der Waals surface area contributed by atoms with E-state index in [4.69, 9.17) is 5.73 Å². The summed E-state index contributed by atoms with van der Waals surface area (Å²) in [6.07, 6.45) is 0. The molecule has 4 N–H and O–H groups in total. The van der Waals surface area contributed by atoms with Gasteiger partial charge < -0.3 is 16.4 Å². The molecule has 17 heavy (non-hydrogen) atoms. The van der Waals surface area contributed by atoms with Crippen LogP contribution in [0.5, 0.6) is 0 Å². The normalized spacial score (nSPS) is 12.3. The summed E-state index contributed by atoms with van der Waals surface area (Å²) in [7, 11) is 1.79. The number of aromatic nitrogens is 2. The van der Waals surface area contributed by atoms with Gasteiger partial charge in [0.1, 0.15) is 23.5 Å². The number of nitrogens with one attached hydrogen (secondary N) is 2. The Morgan fingerprint density at radius 1 is 1.29 bits per heavy atom. The summed E-state index contributed by atoms with van der Waals surface area (Å²) in [6.45, 7) is 5.71. The molecular formula is C11H19N5O. The fourth-order valence-corrected chi connectivity index (χ4v) is 1.22. The monoisotopic (exact) mass is 237 g/mol. The lowest BCUT2D eigenvalue weighted by molar-refractivity contribution is -0.118. The highest BCUT2D eigenvalue weighted by molar-refractivity contribution is 5.82. The summed E-state index contributed by atoms with van der Waals surface area (Å²) in [5.41, 5.74) is 5.19. The molecule has 0 saturated carbocycles. The van der Waals surface area contributed by atoms with E-state index in [0.29, 0.717) is 11.6 Å². The lowest BCUT2D eigenvalue weighted by Crippen LogP contribution is -2.32. The standard InChI is InChI=1S/C11H19N5O/c1-6(2)11-15-8(13-4)5-9(16-11)14-7(3)10(12)17/h5-7H,1-4H3,(H2,12,17)(H2,13,14,15,16). The van der Waals surface area contributed by atoms with Crippen LogP contribution in [0.25, 0.3) is 0 Å². The molecule has 1 amide bonds. The number of hydrogen-bond acceptors (Lipinski definition) is 5. The maximum absolute atomic E-state index is 11.0. The highest BCUT2D eigenvalue weighted by atomic mass is 16.1. The fourth-order valence-electron chi connectivity index (χ4n) is 1.22. The van der Waals surface area contributed by atoms with E-state index in [0.717, 1.165) is 5.82 Å². The molecule has 0 bridgehead atoms. The van der Waals surface area contributed by atoms with Crippen molar-refractivity contribution in [3.63, 3.8) is 0 Å². The van der Waals surface area contributed by atoms with Gasteiger partial charge in [-0.3, -0.25) is 4.79 Å². The third-order valence-electron chi connectivity index (χ3n) is 2.31. The molecular weight excluding hydrogens is 218 g/mol. The number of carbonyl (C=O) groups excluding carboxylic acids is 1. The third kappa shape index (κ3) is 3.58. The SMILES string of the molecule is CNc1cc(NC(C)C(N)=O)nc(C(C)C)n1. The summed E-state index contributed by atoms with van der Waals surface area (Å²) in [6, 6.07) is 1.28. The predicted octanol–water partition coefficient (Wildman–Crippen LogP) is 0.927. The van der Waals surface area contributed by atoms with Gasteiger partial charge in [-0.1, -0.05) is 13.8 Å². The Morgan fingerprint density at radius 3 is 2.35 bits per heavy atom. The van der Waals surface area contributed by atoms with Crippen LogP contribution in [0.1, 0.15) is 32.5 Å². The van der Waals surface area contributed by atoms with Crippen LogP contribution in [0.3, 0.4) is 0 Å². The average molecular weight is 237 g/mol. The Bertz CT molecular complexity index is 405. The number of hydrogen-bond donors (Lipinski definition) is 3. The third-order valence-corrected chi connectivity index (χ3v) is 2.31. The van der Waals surface area contributed by atoms with Crippen molar-refractivity contribution >= 4 is 17.5 Å². The molecule has 0 fully saturated rings. The second kappa shape index (κ2) is 5.47. The largest absolute Gasteiger partial charge is 0.373 e. The van der Waals surface area contributed by atoms with Crippen LogP contribution >= 0.6 is 0 Å². The topological polar surface area (TPSA) is 92.9 Å². The van der Waals surface area contributed by atoms with E-state index in [1.54, 1.807) is 20.0 Å². The van der Waals surface area contributed by atoms with Crippen molar-refractivity contribution in [3.05, 3.63) is 11.9 Å².